The molecule has 0 unspecified atom stereocenters. The first kappa shape index (κ1) is 26.9. The standard InChI is InChI=1S/C24H27Cl2F3N4O3/c25-18-11-30-12-19(26)21(18)20(34)14-32(16-6-8-36-9-7-16)23(35)17-10-31-33(22(17)24(27,28)29)13-15-4-2-1-3-5-15/h10-12,15-16H,1-9,13-14H2. The minimum absolute atomic E-state index is 0.00292. The molecule has 3 heterocycles. The van der Waals surface area contributed by atoms with E-state index in [1.54, 1.807) is 0 Å². The number of aromatic nitrogens is 3. The molecule has 0 spiro atoms. The summed E-state index contributed by atoms with van der Waals surface area (Å²) in [6.45, 7) is 0.261. The van der Waals surface area contributed by atoms with Crippen molar-refractivity contribution in [1.82, 2.24) is 19.7 Å². The van der Waals surface area contributed by atoms with Crippen molar-refractivity contribution in [2.75, 3.05) is 19.8 Å². The van der Waals surface area contributed by atoms with E-state index in [0.29, 0.717) is 26.1 Å². The zero-order valence-electron chi connectivity index (χ0n) is 19.6. The second kappa shape index (κ2) is 11.5. The third kappa shape index (κ3) is 6.03. The molecule has 4 rings (SSSR count). The number of halogens is 5. The number of hydrogen-bond acceptors (Lipinski definition) is 5. The van der Waals surface area contributed by atoms with Gasteiger partial charge in [0.2, 0.25) is 0 Å². The van der Waals surface area contributed by atoms with Crippen LogP contribution < -0.4 is 0 Å². The van der Waals surface area contributed by atoms with Crippen molar-refractivity contribution in [2.24, 2.45) is 5.92 Å². The van der Waals surface area contributed by atoms with Gasteiger partial charge in [0.15, 0.2) is 11.5 Å². The van der Waals surface area contributed by atoms with Crippen LogP contribution in [0.4, 0.5) is 13.2 Å². The highest BCUT2D eigenvalue weighted by atomic mass is 35.5. The number of rotatable bonds is 7. The van der Waals surface area contributed by atoms with Crippen LogP contribution in [0, 0.1) is 5.92 Å². The lowest BCUT2D eigenvalue weighted by molar-refractivity contribution is -0.145. The number of carbonyl (C=O) groups excluding carboxylic acids is 2. The fourth-order valence-electron chi connectivity index (χ4n) is 5.02. The molecule has 1 amide bonds. The van der Waals surface area contributed by atoms with Crippen molar-refractivity contribution in [3.8, 4) is 0 Å². The largest absolute Gasteiger partial charge is 0.433 e. The number of Topliss-reactive ketones (excluding diaryl/α,β-unsaturated/α-hetero) is 1. The Kier molecular flexibility index (Phi) is 8.57. The van der Waals surface area contributed by atoms with Crippen LogP contribution in [0.1, 0.15) is 71.4 Å². The molecule has 2 aliphatic rings. The Hall–Kier alpha value is -2.17. The van der Waals surface area contributed by atoms with Crippen LogP contribution in [0.2, 0.25) is 10.0 Å². The summed E-state index contributed by atoms with van der Waals surface area (Å²) < 4.78 is 49.0. The summed E-state index contributed by atoms with van der Waals surface area (Å²) in [6, 6.07) is -0.489. The van der Waals surface area contributed by atoms with Crippen LogP contribution in [0.25, 0.3) is 0 Å². The molecule has 7 nitrogen and oxygen atoms in total. The molecule has 2 fully saturated rings. The maximum atomic E-state index is 14.2. The average Bonchev–Trinajstić information content (AvgIpc) is 3.27. The molecule has 0 N–H and O–H groups in total. The lowest BCUT2D eigenvalue weighted by atomic mass is 9.89. The number of ether oxygens (including phenoxy) is 1. The first-order chi connectivity index (χ1) is 17.2. The van der Waals surface area contributed by atoms with Crippen LogP contribution in [-0.2, 0) is 17.5 Å². The van der Waals surface area contributed by atoms with Gasteiger partial charge in [0.05, 0.1) is 33.9 Å². The molecule has 1 aliphatic carbocycles. The third-order valence-electron chi connectivity index (χ3n) is 6.83. The van der Waals surface area contributed by atoms with Crippen LogP contribution in [0.5, 0.6) is 0 Å². The predicted molar refractivity (Wildman–Crippen MR) is 127 cm³/mol. The second-order valence-corrected chi connectivity index (χ2v) is 10.1. The van der Waals surface area contributed by atoms with Gasteiger partial charge in [0, 0.05) is 38.2 Å². The van der Waals surface area contributed by atoms with Crippen LogP contribution in [-0.4, -0.2) is 57.2 Å². The molecule has 0 atom stereocenters. The Morgan fingerprint density at radius 3 is 2.28 bits per heavy atom. The molecule has 1 saturated heterocycles. The predicted octanol–water partition coefficient (Wildman–Crippen LogP) is 5.69. The molecule has 12 heteroatoms. The van der Waals surface area contributed by atoms with Crippen LogP contribution in [0.15, 0.2) is 18.6 Å². The van der Waals surface area contributed by atoms with Crippen LogP contribution in [0.3, 0.4) is 0 Å². The zero-order valence-corrected chi connectivity index (χ0v) is 21.1. The van der Waals surface area contributed by atoms with E-state index in [9.17, 15) is 22.8 Å². The van der Waals surface area contributed by atoms with Gasteiger partial charge in [-0.3, -0.25) is 19.3 Å². The maximum Gasteiger partial charge on any atom is 0.433 e. The normalized spacial score (nSPS) is 17.8. The van der Waals surface area contributed by atoms with E-state index >= 15 is 0 Å². The highest BCUT2D eigenvalue weighted by Gasteiger charge is 2.42. The molecule has 1 saturated carbocycles. The number of alkyl halides is 3. The van der Waals surface area contributed by atoms with Crippen molar-refractivity contribution in [1.29, 1.82) is 0 Å². The third-order valence-corrected chi connectivity index (χ3v) is 7.41. The summed E-state index contributed by atoms with van der Waals surface area (Å²) in [5.41, 5.74) is -1.67. The molecule has 196 valence electrons. The summed E-state index contributed by atoms with van der Waals surface area (Å²) in [5, 5.41) is 3.99. The Labute approximate surface area is 216 Å². The zero-order chi connectivity index (χ0) is 25.9. The SMILES string of the molecule is O=C(CN(C(=O)c1cnn(CC2CCCCC2)c1C(F)(F)F)C1CCOCC1)c1c(Cl)cncc1Cl. The van der Waals surface area contributed by atoms with Gasteiger partial charge in [0.25, 0.3) is 5.91 Å². The highest BCUT2D eigenvalue weighted by Crippen LogP contribution is 2.35. The second-order valence-electron chi connectivity index (χ2n) is 9.27. The van der Waals surface area contributed by atoms with Gasteiger partial charge < -0.3 is 9.64 Å². The molecule has 0 aromatic carbocycles. The molecule has 1 aliphatic heterocycles. The van der Waals surface area contributed by atoms with Gasteiger partial charge in [-0.25, -0.2) is 0 Å². The number of ketones is 1. The number of nitrogens with zero attached hydrogens (tertiary/aromatic N) is 4. The summed E-state index contributed by atoms with van der Waals surface area (Å²) in [7, 11) is 0. The fraction of sp³-hybridized carbons (Fsp3) is 0.583. The fourth-order valence-corrected chi connectivity index (χ4v) is 5.60. The van der Waals surface area contributed by atoms with Gasteiger partial charge >= 0.3 is 6.18 Å². The van der Waals surface area contributed by atoms with E-state index in [4.69, 9.17) is 27.9 Å². The lowest BCUT2D eigenvalue weighted by Crippen LogP contribution is -2.46. The van der Waals surface area contributed by atoms with E-state index in [0.717, 1.165) is 43.0 Å². The Morgan fingerprint density at radius 1 is 1.03 bits per heavy atom. The minimum Gasteiger partial charge on any atom is -0.381 e. The van der Waals surface area contributed by atoms with Gasteiger partial charge in [-0.1, -0.05) is 42.5 Å². The molecule has 0 radical (unpaired) electrons. The van der Waals surface area contributed by atoms with Gasteiger partial charge in [0.1, 0.15) is 0 Å². The van der Waals surface area contributed by atoms with Gasteiger partial charge in [-0.05, 0) is 31.6 Å². The first-order valence-electron chi connectivity index (χ1n) is 12.0. The molecule has 2 aromatic rings. The maximum absolute atomic E-state index is 14.2. The van der Waals surface area contributed by atoms with Gasteiger partial charge in [-0.15, -0.1) is 0 Å². The van der Waals surface area contributed by atoms with E-state index in [1.807, 2.05) is 0 Å². The highest BCUT2D eigenvalue weighted by molar-refractivity contribution is 6.39. The smallest absolute Gasteiger partial charge is 0.381 e. The Bertz CT molecular complexity index is 1080. The Morgan fingerprint density at radius 2 is 1.67 bits per heavy atom. The quantitative estimate of drug-likeness (QED) is 0.417. The summed E-state index contributed by atoms with van der Waals surface area (Å²) >= 11 is 12.2. The number of pyridine rings is 1. The molecular weight excluding hydrogens is 520 g/mol. The summed E-state index contributed by atoms with van der Waals surface area (Å²) in [5.74, 6) is -1.42. The molecule has 36 heavy (non-hydrogen) atoms. The topological polar surface area (TPSA) is 77.3 Å². The molecule has 0 bridgehead atoms. The monoisotopic (exact) mass is 546 g/mol. The van der Waals surface area contributed by atoms with E-state index < -0.39 is 41.7 Å². The van der Waals surface area contributed by atoms with Crippen molar-refractivity contribution in [3.63, 3.8) is 0 Å². The molecular formula is C24H27Cl2F3N4O3. The van der Waals surface area contributed by atoms with E-state index in [-0.39, 0.29) is 28.1 Å². The molecule has 2 aromatic heterocycles. The lowest BCUT2D eigenvalue weighted by Gasteiger charge is -2.34. The van der Waals surface area contributed by atoms with Crippen LogP contribution >= 0.6 is 23.2 Å². The number of amides is 1. The van der Waals surface area contributed by atoms with Crippen molar-refractivity contribution >= 4 is 34.9 Å². The average molecular weight is 547 g/mol. The summed E-state index contributed by atoms with van der Waals surface area (Å²) in [6.07, 6.45) is 4.12. The minimum atomic E-state index is -4.79. The van der Waals surface area contributed by atoms with Gasteiger partial charge in [-0.2, -0.15) is 18.3 Å². The van der Waals surface area contributed by atoms with Crippen molar-refractivity contribution in [3.05, 3.63) is 45.5 Å². The summed E-state index contributed by atoms with van der Waals surface area (Å²) in [4.78, 5) is 31.8. The number of carbonyl (C=O) groups is 2. The number of hydrogen-bond donors (Lipinski definition) is 0. The van der Waals surface area contributed by atoms with E-state index in [2.05, 4.69) is 10.1 Å². The van der Waals surface area contributed by atoms with E-state index in [1.165, 1.54) is 17.3 Å². The Balaban J connectivity index is 1.67. The van der Waals surface area contributed by atoms with Crippen molar-refractivity contribution < 1.29 is 27.5 Å². The van der Waals surface area contributed by atoms with Crippen molar-refractivity contribution in [2.45, 2.75) is 63.7 Å². The first-order valence-corrected chi connectivity index (χ1v) is 12.8.